The molecule has 0 aliphatic rings. The minimum Gasteiger partial charge on any atom is -0.352 e. The number of hydrogen-bond donors (Lipinski definition) is 1. The molecule has 3 rings (SSSR count). The molecule has 0 heterocycles. The lowest BCUT2D eigenvalue weighted by molar-refractivity contribution is 0.0954. The molecule has 1 amide bonds. The van der Waals surface area contributed by atoms with E-state index in [1.807, 2.05) is 68.4 Å². The summed E-state index contributed by atoms with van der Waals surface area (Å²) in [4.78, 5) is 12.5. The van der Waals surface area contributed by atoms with Crippen molar-refractivity contribution in [2.75, 3.05) is 17.1 Å². The number of nitrogens with one attached hydrogen (secondary N) is 1. The quantitative estimate of drug-likeness (QED) is 0.406. The van der Waals surface area contributed by atoms with Gasteiger partial charge in [0.25, 0.3) is 5.91 Å². The van der Waals surface area contributed by atoms with Crippen LogP contribution in [0.15, 0.2) is 66.7 Å². The van der Waals surface area contributed by atoms with E-state index < -0.39 is 10.0 Å². The second-order valence-electron chi connectivity index (χ2n) is 8.23. The van der Waals surface area contributed by atoms with Crippen molar-refractivity contribution in [1.29, 1.82) is 0 Å². The summed E-state index contributed by atoms with van der Waals surface area (Å²) in [6.45, 7) is 4.77. The predicted molar refractivity (Wildman–Crippen MR) is 140 cm³/mol. The van der Waals surface area contributed by atoms with Crippen molar-refractivity contribution in [2.45, 2.75) is 39.7 Å². The monoisotopic (exact) mass is 498 g/mol. The second-order valence-corrected chi connectivity index (χ2v) is 10.6. The highest BCUT2D eigenvalue weighted by atomic mass is 35.5. The van der Waals surface area contributed by atoms with E-state index in [9.17, 15) is 13.2 Å². The van der Waals surface area contributed by atoms with Crippen molar-refractivity contribution < 1.29 is 13.2 Å². The molecule has 5 nitrogen and oxygen atoms in total. The Hall–Kier alpha value is -2.83. The Bertz CT molecular complexity index is 1200. The smallest absolute Gasteiger partial charge is 0.251 e. The molecule has 3 aromatic carbocycles. The summed E-state index contributed by atoms with van der Waals surface area (Å²) >= 11 is 5.90. The van der Waals surface area contributed by atoms with Crippen molar-refractivity contribution in [3.8, 4) is 0 Å². The molecule has 0 aliphatic heterocycles. The molecule has 0 aromatic heterocycles. The van der Waals surface area contributed by atoms with Crippen molar-refractivity contribution in [3.63, 3.8) is 0 Å². The standard InChI is InChI=1S/C27H31ClN2O3S/c1-4-22-7-6-8-23(5-2)26(22)30(34(3,32)33)19-21-9-13-24(14-10-21)27(31)29-18-17-20-11-15-25(28)16-12-20/h6-16H,4-5,17-19H2,1-3H3,(H,29,31). The van der Waals surface area contributed by atoms with Crippen LogP contribution in [0.4, 0.5) is 5.69 Å². The van der Waals surface area contributed by atoms with Gasteiger partial charge in [0.2, 0.25) is 10.0 Å². The van der Waals surface area contributed by atoms with Crippen LogP contribution in [0.25, 0.3) is 0 Å². The summed E-state index contributed by atoms with van der Waals surface area (Å²) in [7, 11) is -3.50. The van der Waals surface area contributed by atoms with E-state index in [-0.39, 0.29) is 12.5 Å². The van der Waals surface area contributed by atoms with Crippen molar-refractivity contribution in [1.82, 2.24) is 5.32 Å². The zero-order valence-electron chi connectivity index (χ0n) is 19.8. The maximum Gasteiger partial charge on any atom is 0.251 e. The fourth-order valence-corrected chi connectivity index (χ4v) is 4.97. The van der Waals surface area contributed by atoms with Gasteiger partial charge < -0.3 is 5.32 Å². The fraction of sp³-hybridized carbons (Fsp3) is 0.296. The molecule has 0 saturated heterocycles. The first kappa shape index (κ1) is 25.8. The highest BCUT2D eigenvalue weighted by molar-refractivity contribution is 7.92. The predicted octanol–water partition coefficient (Wildman–Crippen LogP) is 5.40. The van der Waals surface area contributed by atoms with Crippen molar-refractivity contribution in [2.24, 2.45) is 0 Å². The van der Waals surface area contributed by atoms with Crippen molar-refractivity contribution in [3.05, 3.63) is 99.6 Å². The first-order valence-electron chi connectivity index (χ1n) is 11.4. The van der Waals surface area contributed by atoms with Gasteiger partial charge in [-0.05, 0) is 65.8 Å². The van der Waals surface area contributed by atoms with Crippen LogP contribution in [0.2, 0.25) is 5.02 Å². The molecule has 7 heteroatoms. The van der Waals surface area contributed by atoms with E-state index in [4.69, 9.17) is 11.6 Å². The van der Waals surface area contributed by atoms with Gasteiger partial charge in [-0.2, -0.15) is 0 Å². The van der Waals surface area contributed by atoms with E-state index in [2.05, 4.69) is 5.32 Å². The third kappa shape index (κ3) is 6.61. The fourth-order valence-electron chi connectivity index (χ4n) is 3.90. The first-order chi connectivity index (χ1) is 16.2. The Morgan fingerprint density at radius 2 is 1.44 bits per heavy atom. The summed E-state index contributed by atoms with van der Waals surface area (Å²) in [6, 6.07) is 20.6. The van der Waals surface area contributed by atoms with E-state index >= 15 is 0 Å². The molecule has 0 bridgehead atoms. The van der Waals surface area contributed by atoms with Crippen LogP contribution in [0.3, 0.4) is 0 Å². The van der Waals surface area contributed by atoms with Gasteiger partial charge >= 0.3 is 0 Å². The molecule has 0 unspecified atom stereocenters. The Morgan fingerprint density at radius 1 is 0.882 bits per heavy atom. The van der Waals surface area contributed by atoms with Gasteiger partial charge in [0.1, 0.15) is 0 Å². The van der Waals surface area contributed by atoms with Gasteiger partial charge in [-0.25, -0.2) is 8.42 Å². The molecule has 0 aliphatic carbocycles. The molecule has 3 aromatic rings. The van der Waals surface area contributed by atoms with Crippen LogP contribution in [0, 0.1) is 0 Å². The minimum atomic E-state index is -3.50. The number of carbonyl (C=O) groups is 1. The molecule has 1 N–H and O–H groups in total. The van der Waals surface area contributed by atoms with E-state index in [0.29, 0.717) is 23.6 Å². The van der Waals surface area contributed by atoms with Crippen LogP contribution >= 0.6 is 11.6 Å². The van der Waals surface area contributed by atoms with Crippen LogP contribution in [0.5, 0.6) is 0 Å². The highest BCUT2D eigenvalue weighted by Crippen LogP contribution is 2.30. The summed E-state index contributed by atoms with van der Waals surface area (Å²) in [5.74, 6) is -0.162. The lowest BCUT2D eigenvalue weighted by atomic mass is 10.0. The number of anilines is 1. The molecule has 0 atom stereocenters. The second kappa shape index (κ2) is 11.5. The SMILES string of the molecule is CCc1cccc(CC)c1N(Cc1ccc(C(=O)NCCc2ccc(Cl)cc2)cc1)S(C)(=O)=O. The molecule has 0 fully saturated rings. The van der Waals surface area contributed by atoms with Crippen LogP contribution in [-0.2, 0) is 35.8 Å². The number of sulfonamides is 1. The number of hydrogen-bond acceptors (Lipinski definition) is 3. The zero-order valence-corrected chi connectivity index (χ0v) is 21.4. The summed E-state index contributed by atoms with van der Waals surface area (Å²) in [5, 5.41) is 3.61. The maximum absolute atomic E-state index is 12.8. The highest BCUT2D eigenvalue weighted by Gasteiger charge is 2.23. The molecule has 0 saturated carbocycles. The Balaban J connectivity index is 1.72. The number of halogens is 1. The molecule has 180 valence electrons. The maximum atomic E-state index is 12.8. The topological polar surface area (TPSA) is 66.5 Å². The van der Waals surface area contributed by atoms with Crippen molar-refractivity contribution >= 4 is 33.2 Å². The van der Waals surface area contributed by atoms with E-state index in [1.165, 1.54) is 10.6 Å². The summed E-state index contributed by atoms with van der Waals surface area (Å²) < 4.78 is 27.0. The molecule has 34 heavy (non-hydrogen) atoms. The number of carbonyl (C=O) groups excluding carboxylic acids is 1. The number of benzene rings is 3. The molecular formula is C27H31ClN2O3S. The van der Waals surface area contributed by atoms with Crippen LogP contribution in [0.1, 0.15) is 46.5 Å². The molecule has 0 spiro atoms. The zero-order chi connectivity index (χ0) is 24.7. The average molecular weight is 499 g/mol. The number of para-hydroxylation sites is 1. The third-order valence-corrected chi connectivity index (χ3v) is 7.13. The number of amides is 1. The first-order valence-corrected chi connectivity index (χ1v) is 13.7. The van der Waals surface area contributed by atoms with Gasteiger partial charge in [-0.3, -0.25) is 9.10 Å². The van der Waals surface area contributed by atoms with Gasteiger partial charge in [0.05, 0.1) is 18.5 Å². The number of aryl methyl sites for hydroxylation is 2. The van der Waals surface area contributed by atoms with Gasteiger partial charge in [-0.15, -0.1) is 0 Å². The normalized spacial score (nSPS) is 11.3. The number of nitrogens with zero attached hydrogens (tertiary/aromatic N) is 1. The number of rotatable bonds is 10. The average Bonchev–Trinajstić information content (AvgIpc) is 2.83. The third-order valence-electron chi connectivity index (χ3n) is 5.77. The summed E-state index contributed by atoms with van der Waals surface area (Å²) in [5.41, 5.74) is 5.21. The van der Waals surface area contributed by atoms with E-state index in [1.54, 1.807) is 12.1 Å². The Kier molecular flexibility index (Phi) is 8.75. The largest absolute Gasteiger partial charge is 0.352 e. The van der Waals surface area contributed by atoms with E-state index in [0.717, 1.165) is 40.8 Å². The minimum absolute atomic E-state index is 0.162. The Morgan fingerprint density at radius 3 is 1.97 bits per heavy atom. The molecule has 0 radical (unpaired) electrons. The van der Waals surface area contributed by atoms with Gasteiger partial charge in [0.15, 0.2) is 0 Å². The summed E-state index contributed by atoms with van der Waals surface area (Å²) in [6.07, 6.45) is 3.43. The van der Waals surface area contributed by atoms with Gasteiger partial charge in [0, 0.05) is 17.1 Å². The van der Waals surface area contributed by atoms with Crippen LogP contribution in [-0.4, -0.2) is 27.1 Å². The van der Waals surface area contributed by atoms with Crippen LogP contribution < -0.4 is 9.62 Å². The Labute approximate surface area is 207 Å². The lowest BCUT2D eigenvalue weighted by Crippen LogP contribution is -2.31. The van der Waals surface area contributed by atoms with Gasteiger partial charge in [-0.1, -0.05) is 67.9 Å². The lowest BCUT2D eigenvalue weighted by Gasteiger charge is -2.27. The molecular weight excluding hydrogens is 468 g/mol.